The number of nitro groups is 1. The van der Waals surface area contributed by atoms with E-state index in [-0.39, 0.29) is 0 Å². The third-order valence-corrected chi connectivity index (χ3v) is 4.83. The Kier molecular flexibility index (Phi) is 5.52. The van der Waals surface area contributed by atoms with E-state index in [0.29, 0.717) is 30.6 Å². The van der Waals surface area contributed by atoms with E-state index in [9.17, 15) is 20.2 Å². The first kappa shape index (κ1) is 19.4. The van der Waals surface area contributed by atoms with Gasteiger partial charge in [0.15, 0.2) is 0 Å². The molecule has 0 aromatic heterocycles. The van der Waals surface area contributed by atoms with Crippen LogP contribution in [0, 0.1) is 26.9 Å². The normalized spacial score (nSPS) is 25.7. The van der Waals surface area contributed by atoms with E-state index in [1.165, 1.54) is 12.2 Å². The number of hydrogen-bond donors (Lipinski definition) is 0. The van der Waals surface area contributed by atoms with Gasteiger partial charge in [-0.15, -0.1) is 0 Å². The Balaban J connectivity index is 2.16. The lowest BCUT2D eigenvalue weighted by molar-refractivity contribution is -0.515. The van der Waals surface area contributed by atoms with Gasteiger partial charge in [-0.1, -0.05) is 0 Å². The number of nitrogens with zero attached hydrogens (tertiary/aromatic N) is 4. The summed E-state index contributed by atoms with van der Waals surface area (Å²) in [6.07, 6.45) is 3.19. The quantitative estimate of drug-likeness (QED) is 0.511. The summed E-state index contributed by atoms with van der Waals surface area (Å²) in [7, 11) is 0. The predicted octanol–water partition coefficient (Wildman–Crippen LogP) is 2.90. The summed E-state index contributed by atoms with van der Waals surface area (Å²) < 4.78 is 5.84. The van der Waals surface area contributed by atoms with Gasteiger partial charge >= 0.3 is 6.09 Å². The number of piperidine rings is 1. The molecule has 0 aliphatic carbocycles. The number of aliphatic imine (C=N–C) groups is 1. The van der Waals surface area contributed by atoms with Crippen molar-refractivity contribution in [3.63, 3.8) is 0 Å². The molecule has 0 N–H and O–H groups in total. The minimum atomic E-state index is -1.05. The van der Waals surface area contributed by atoms with E-state index >= 15 is 0 Å². The van der Waals surface area contributed by atoms with Gasteiger partial charge in [0.05, 0.1) is 11.5 Å². The van der Waals surface area contributed by atoms with Crippen molar-refractivity contribution in [3.8, 4) is 6.07 Å². The Hall–Kier alpha value is -1.95. The number of rotatable bonds is 2. The fraction of sp³-hybridized carbons (Fsp3) is 0.688. The molecule has 2 heterocycles. The summed E-state index contributed by atoms with van der Waals surface area (Å²) >= 11 is 3.24. The van der Waals surface area contributed by atoms with Crippen LogP contribution in [0.15, 0.2) is 17.1 Å². The number of carbonyl (C=O) groups is 1. The molecule has 8 nitrogen and oxygen atoms in total. The Labute approximate surface area is 154 Å². The van der Waals surface area contributed by atoms with Crippen LogP contribution < -0.4 is 0 Å². The molecule has 2 aliphatic rings. The molecule has 25 heavy (non-hydrogen) atoms. The summed E-state index contributed by atoms with van der Waals surface area (Å²) in [5.41, 5.74) is -1.58. The fourth-order valence-corrected chi connectivity index (χ4v) is 3.43. The molecule has 2 atom stereocenters. The molecule has 2 aliphatic heterocycles. The van der Waals surface area contributed by atoms with Gasteiger partial charge in [0.2, 0.25) is 0 Å². The van der Waals surface area contributed by atoms with Gasteiger partial charge in [-0.05, 0) is 61.7 Å². The van der Waals surface area contributed by atoms with Crippen LogP contribution in [-0.2, 0) is 4.74 Å². The first-order valence-electron chi connectivity index (χ1n) is 8.02. The van der Waals surface area contributed by atoms with Gasteiger partial charge in [0, 0.05) is 18.0 Å². The summed E-state index contributed by atoms with van der Waals surface area (Å²) in [6.45, 7) is 5.98. The average Bonchev–Trinajstić information content (AvgIpc) is 2.53. The number of likely N-dealkylation sites (tertiary alicyclic amines) is 1. The SMILES string of the molecule is CC(C)(C)OC(=O)N1CCC(C#N)(C2N=C(Br)C=CC2[N+](=O)[O-])CC1. The third-order valence-electron chi connectivity index (χ3n) is 4.36. The average molecular weight is 413 g/mol. The van der Waals surface area contributed by atoms with Crippen molar-refractivity contribution >= 4 is 26.6 Å². The van der Waals surface area contributed by atoms with E-state index in [1.54, 1.807) is 25.7 Å². The van der Waals surface area contributed by atoms with Crippen LogP contribution in [0.5, 0.6) is 0 Å². The Morgan fingerprint density at radius 2 is 2.12 bits per heavy atom. The Morgan fingerprint density at radius 3 is 2.60 bits per heavy atom. The number of nitriles is 1. The second-order valence-electron chi connectivity index (χ2n) is 7.27. The van der Waals surface area contributed by atoms with Crippen LogP contribution in [0.25, 0.3) is 0 Å². The summed E-state index contributed by atoms with van der Waals surface area (Å²) in [4.78, 5) is 29.0. The summed E-state index contributed by atoms with van der Waals surface area (Å²) in [6, 6.07) is 0.423. The third kappa shape index (κ3) is 4.37. The molecule has 0 aromatic rings. The molecule has 136 valence electrons. The lowest BCUT2D eigenvalue weighted by Crippen LogP contribution is -2.52. The highest BCUT2D eigenvalue weighted by Crippen LogP contribution is 2.40. The van der Waals surface area contributed by atoms with Gasteiger partial charge in [-0.2, -0.15) is 5.26 Å². The van der Waals surface area contributed by atoms with Gasteiger partial charge < -0.3 is 9.64 Å². The van der Waals surface area contributed by atoms with Crippen molar-refractivity contribution in [1.29, 1.82) is 5.26 Å². The lowest BCUT2D eigenvalue weighted by atomic mass is 9.71. The second-order valence-corrected chi connectivity index (χ2v) is 8.08. The first-order valence-corrected chi connectivity index (χ1v) is 8.81. The predicted molar refractivity (Wildman–Crippen MR) is 95.2 cm³/mol. The number of hydrogen-bond acceptors (Lipinski definition) is 6. The standard InChI is InChI=1S/C16H21BrN4O4/c1-15(2,3)25-14(22)20-8-6-16(10-18,7-9-20)13-11(21(23)24)4-5-12(17)19-13/h4-5,11,13H,6-9H2,1-3H3. The van der Waals surface area contributed by atoms with Crippen LogP contribution >= 0.6 is 15.9 Å². The van der Waals surface area contributed by atoms with E-state index in [4.69, 9.17) is 4.74 Å². The number of ether oxygens (including phenoxy) is 1. The smallest absolute Gasteiger partial charge is 0.410 e. The molecule has 1 amide bonds. The second kappa shape index (κ2) is 7.12. The van der Waals surface area contributed by atoms with E-state index in [2.05, 4.69) is 27.0 Å². The molecule has 2 unspecified atom stereocenters. The van der Waals surface area contributed by atoms with Crippen molar-refractivity contribution in [2.75, 3.05) is 13.1 Å². The van der Waals surface area contributed by atoms with E-state index < -0.39 is 34.1 Å². The molecule has 0 saturated carbocycles. The number of amides is 1. The van der Waals surface area contributed by atoms with Crippen molar-refractivity contribution in [2.24, 2.45) is 10.4 Å². The summed E-state index contributed by atoms with van der Waals surface area (Å²) in [5.74, 6) is 0. The summed E-state index contributed by atoms with van der Waals surface area (Å²) in [5, 5.41) is 21.2. The fourth-order valence-electron chi connectivity index (χ4n) is 3.06. The molecule has 2 rings (SSSR count). The maximum Gasteiger partial charge on any atom is 0.410 e. The van der Waals surface area contributed by atoms with Crippen molar-refractivity contribution in [3.05, 3.63) is 22.3 Å². The number of dihydropyridines is 1. The minimum absolute atomic E-state index is 0.306. The molecular formula is C16H21BrN4O4. The Morgan fingerprint density at radius 1 is 1.52 bits per heavy atom. The highest BCUT2D eigenvalue weighted by atomic mass is 79.9. The molecular weight excluding hydrogens is 392 g/mol. The van der Waals surface area contributed by atoms with Crippen LogP contribution in [0.3, 0.4) is 0 Å². The van der Waals surface area contributed by atoms with Crippen LogP contribution in [0.4, 0.5) is 4.79 Å². The largest absolute Gasteiger partial charge is 0.444 e. The Bertz CT molecular complexity index is 654. The molecule has 0 bridgehead atoms. The highest BCUT2D eigenvalue weighted by molar-refractivity contribution is 9.18. The van der Waals surface area contributed by atoms with Crippen LogP contribution in [0.1, 0.15) is 33.6 Å². The lowest BCUT2D eigenvalue weighted by Gasteiger charge is -2.41. The molecule has 0 radical (unpaired) electrons. The zero-order valence-corrected chi connectivity index (χ0v) is 16.0. The zero-order chi connectivity index (χ0) is 18.8. The van der Waals surface area contributed by atoms with Crippen molar-refractivity contribution in [2.45, 2.75) is 51.3 Å². The monoisotopic (exact) mass is 412 g/mol. The van der Waals surface area contributed by atoms with Gasteiger partial charge in [0.25, 0.3) is 6.04 Å². The first-order chi connectivity index (χ1) is 11.6. The number of halogens is 1. The van der Waals surface area contributed by atoms with Crippen LogP contribution in [0.2, 0.25) is 0 Å². The maximum absolute atomic E-state index is 12.2. The van der Waals surface area contributed by atoms with E-state index in [0.717, 1.165) is 0 Å². The van der Waals surface area contributed by atoms with Crippen molar-refractivity contribution < 1.29 is 14.5 Å². The molecule has 9 heteroatoms. The topological polar surface area (TPSA) is 109 Å². The number of allylic oxidation sites excluding steroid dienone is 1. The van der Waals surface area contributed by atoms with Gasteiger partial charge in [-0.25, -0.2) is 4.79 Å². The molecule has 1 fully saturated rings. The molecule has 0 aromatic carbocycles. The number of carbonyl (C=O) groups excluding carboxylic acids is 1. The van der Waals surface area contributed by atoms with Crippen LogP contribution in [-0.4, -0.2) is 51.3 Å². The van der Waals surface area contributed by atoms with Gasteiger partial charge in [0.1, 0.15) is 16.3 Å². The highest BCUT2D eigenvalue weighted by Gasteiger charge is 2.51. The maximum atomic E-state index is 12.2. The zero-order valence-electron chi connectivity index (χ0n) is 14.4. The molecule has 1 saturated heterocycles. The molecule has 0 spiro atoms. The minimum Gasteiger partial charge on any atom is -0.444 e. The van der Waals surface area contributed by atoms with Crippen molar-refractivity contribution in [1.82, 2.24) is 4.90 Å². The van der Waals surface area contributed by atoms with E-state index in [1.807, 2.05) is 0 Å². The van der Waals surface area contributed by atoms with Gasteiger partial charge in [-0.3, -0.25) is 15.1 Å².